The summed E-state index contributed by atoms with van der Waals surface area (Å²) in [7, 11) is 3.01. The number of rotatable bonds is 5. The van der Waals surface area contributed by atoms with Crippen LogP contribution in [0.25, 0.3) is 11.0 Å². The summed E-state index contributed by atoms with van der Waals surface area (Å²) >= 11 is 5.39. The summed E-state index contributed by atoms with van der Waals surface area (Å²) in [6, 6.07) is 5.18. The fraction of sp³-hybridized carbons (Fsp3) is 0.467. The second kappa shape index (κ2) is 6.30. The number of esters is 1. The molecule has 114 valence electrons. The Hall–Kier alpha value is -1.82. The summed E-state index contributed by atoms with van der Waals surface area (Å²) in [5.74, 6) is 0.772. The SMILES string of the molecule is COC(=O)C(CC(C)C)n1c(=S)[nH]c2ccc(OC)cc21. The average Bonchev–Trinajstić information content (AvgIpc) is 2.78. The topological polar surface area (TPSA) is 56.2 Å². The number of nitrogens with one attached hydrogen (secondary N) is 1. The Kier molecular flexibility index (Phi) is 4.67. The van der Waals surface area contributed by atoms with Gasteiger partial charge in [-0.1, -0.05) is 13.8 Å². The maximum absolute atomic E-state index is 12.2. The Morgan fingerprint density at radius 2 is 2.10 bits per heavy atom. The van der Waals surface area contributed by atoms with Crippen molar-refractivity contribution in [1.82, 2.24) is 9.55 Å². The molecule has 1 unspecified atom stereocenters. The van der Waals surface area contributed by atoms with E-state index in [2.05, 4.69) is 18.8 Å². The van der Waals surface area contributed by atoms with Crippen molar-refractivity contribution in [3.63, 3.8) is 0 Å². The highest BCUT2D eigenvalue weighted by Crippen LogP contribution is 2.27. The number of nitrogens with zero attached hydrogens (tertiary/aromatic N) is 1. The highest BCUT2D eigenvalue weighted by Gasteiger charge is 2.25. The predicted molar refractivity (Wildman–Crippen MR) is 84.2 cm³/mol. The van der Waals surface area contributed by atoms with Gasteiger partial charge in [0.15, 0.2) is 4.77 Å². The highest BCUT2D eigenvalue weighted by molar-refractivity contribution is 7.71. The van der Waals surface area contributed by atoms with Crippen LogP contribution in [0, 0.1) is 10.7 Å². The van der Waals surface area contributed by atoms with E-state index in [9.17, 15) is 4.79 Å². The quantitative estimate of drug-likeness (QED) is 0.679. The summed E-state index contributed by atoms with van der Waals surface area (Å²) in [4.78, 5) is 15.3. The molecule has 0 aliphatic rings. The van der Waals surface area contributed by atoms with E-state index < -0.39 is 6.04 Å². The predicted octanol–water partition coefficient (Wildman–Crippen LogP) is 3.47. The Balaban J connectivity index is 2.63. The third-order valence-corrected chi connectivity index (χ3v) is 3.70. The third-order valence-electron chi connectivity index (χ3n) is 3.40. The van der Waals surface area contributed by atoms with Crippen molar-refractivity contribution in [2.75, 3.05) is 14.2 Å². The van der Waals surface area contributed by atoms with E-state index in [1.165, 1.54) is 7.11 Å². The summed E-state index contributed by atoms with van der Waals surface area (Å²) in [6.45, 7) is 4.13. The first-order valence-corrected chi connectivity index (χ1v) is 7.24. The second-order valence-corrected chi connectivity index (χ2v) is 5.74. The fourth-order valence-corrected chi connectivity index (χ4v) is 2.76. The number of H-pyrrole nitrogens is 1. The van der Waals surface area contributed by atoms with Crippen molar-refractivity contribution in [2.45, 2.75) is 26.3 Å². The number of imidazole rings is 1. The van der Waals surface area contributed by atoms with Crippen LogP contribution in [0.2, 0.25) is 0 Å². The lowest BCUT2D eigenvalue weighted by atomic mass is 10.0. The molecule has 2 rings (SSSR count). The van der Waals surface area contributed by atoms with E-state index in [0.29, 0.717) is 17.1 Å². The molecule has 1 aromatic carbocycles. The van der Waals surface area contributed by atoms with E-state index >= 15 is 0 Å². The minimum absolute atomic E-state index is 0.288. The Bertz CT molecular complexity index is 702. The standard InChI is InChI=1S/C15H20N2O3S/c1-9(2)7-13(14(18)20-4)17-12-8-10(19-3)5-6-11(12)16-15(17)21/h5-6,8-9,13H,7H2,1-4H3,(H,16,21). The van der Waals surface area contributed by atoms with Crippen LogP contribution in [0.4, 0.5) is 0 Å². The van der Waals surface area contributed by atoms with E-state index in [0.717, 1.165) is 16.8 Å². The molecule has 0 aliphatic carbocycles. The van der Waals surface area contributed by atoms with Crippen molar-refractivity contribution in [1.29, 1.82) is 0 Å². The molecule has 2 aromatic rings. The molecule has 0 saturated heterocycles. The highest BCUT2D eigenvalue weighted by atomic mass is 32.1. The number of aromatic nitrogens is 2. The lowest BCUT2D eigenvalue weighted by Crippen LogP contribution is -2.22. The number of hydrogen-bond donors (Lipinski definition) is 1. The van der Waals surface area contributed by atoms with Gasteiger partial charge in [-0.2, -0.15) is 0 Å². The molecule has 0 saturated carbocycles. The number of methoxy groups -OCH3 is 2. The second-order valence-electron chi connectivity index (χ2n) is 5.35. The maximum Gasteiger partial charge on any atom is 0.328 e. The van der Waals surface area contributed by atoms with Gasteiger partial charge in [-0.15, -0.1) is 0 Å². The van der Waals surface area contributed by atoms with E-state index in [1.807, 2.05) is 22.8 Å². The smallest absolute Gasteiger partial charge is 0.328 e. The maximum atomic E-state index is 12.2. The van der Waals surface area contributed by atoms with Gasteiger partial charge in [0.1, 0.15) is 11.8 Å². The Morgan fingerprint density at radius 3 is 2.67 bits per heavy atom. The van der Waals surface area contributed by atoms with Crippen molar-refractivity contribution >= 4 is 29.2 Å². The lowest BCUT2D eigenvalue weighted by molar-refractivity contribution is -0.145. The molecule has 0 aliphatic heterocycles. The van der Waals surface area contributed by atoms with Gasteiger partial charge in [-0.3, -0.25) is 0 Å². The number of ether oxygens (including phenoxy) is 2. The molecule has 0 amide bonds. The summed E-state index contributed by atoms with van der Waals surface area (Å²) in [5.41, 5.74) is 1.72. The molecule has 1 heterocycles. The van der Waals surface area contributed by atoms with Gasteiger partial charge in [0, 0.05) is 6.07 Å². The summed E-state index contributed by atoms with van der Waals surface area (Å²) < 4.78 is 12.5. The summed E-state index contributed by atoms with van der Waals surface area (Å²) in [6.07, 6.45) is 0.658. The largest absolute Gasteiger partial charge is 0.497 e. The zero-order valence-corrected chi connectivity index (χ0v) is 13.5. The minimum Gasteiger partial charge on any atom is -0.497 e. The van der Waals surface area contributed by atoms with Crippen LogP contribution >= 0.6 is 12.2 Å². The van der Waals surface area contributed by atoms with Crippen LogP contribution in [0.3, 0.4) is 0 Å². The average molecular weight is 308 g/mol. The fourth-order valence-electron chi connectivity index (χ4n) is 2.43. The van der Waals surface area contributed by atoms with Gasteiger partial charge in [0.2, 0.25) is 0 Å². The molecule has 5 nitrogen and oxygen atoms in total. The zero-order chi connectivity index (χ0) is 15.6. The molecule has 0 bridgehead atoms. The van der Waals surface area contributed by atoms with Crippen LogP contribution in [-0.4, -0.2) is 29.7 Å². The van der Waals surface area contributed by atoms with Crippen molar-refractivity contribution < 1.29 is 14.3 Å². The first-order valence-electron chi connectivity index (χ1n) is 6.84. The number of fused-ring (bicyclic) bond motifs is 1. The lowest BCUT2D eigenvalue weighted by Gasteiger charge is -2.19. The van der Waals surface area contributed by atoms with Gasteiger partial charge in [-0.05, 0) is 36.7 Å². The van der Waals surface area contributed by atoms with E-state index in [1.54, 1.807) is 7.11 Å². The Labute approximate surface area is 128 Å². The molecule has 21 heavy (non-hydrogen) atoms. The minimum atomic E-state index is -0.441. The number of aromatic amines is 1. The van der Waals surface area contributed by atoms with Crippen LogP contribution in [0.5, 0.6) is 5.75 Å². The van der Waals surface area contributed by atoms with Gasteiger partial charge in [-0.25, -0.2) is 4.79 Å². The number of carbonyl (C=O) groups excluding carboxylic acids is 1. The monoisotopic (exact) mass is 308 g/mol. The molecule has 0 radical (unpaired) electrons. The van der Waals surface area contributed by atoms with Crippen LogP contribution < -0.4 is 4.74 Å². The number of carbonyl (C=O) groups is 1. The Morgan fingerprint density at radius 1 is 1.38 bits per heavy atom. The van der Waals surface area contributed by atoms with Crippen molar-refractivity contribution in [3.05, 3.63) is 23.0 Å². The molecule has 1 aromatic heterocycles. The first-order chi connectivity index (χ1) is 9.97. The van der Waals surface area contributed by atoms with Crippen LogP contribution in [0.15, 0.2) is 18.2 Å². The van der Waals surface area contributed by atoms with Gasteiger partial charge < -0.3 is 19.0 Å². The third kappa shape index (κ3) is 3.10. The normalized spacial score (nSPS) is 12.6. The van der Waals surface area contributed by atoms with Crippen molar-refractivity contribution in [3.8, 4) is 5.75 Å². The van der Waals surface area contributed by atoms with Gasteiger partial charge in [0.25, 0.3) is 0 Å². The van der Waals surface area contributed by atoms with Crippen molar-refractivity contribution in [2.24, 2.45) is 5.92 Å². The van der Waals surface area contributed by atoms with Crippen LogP contribution in [0.1, 0.15) is 26.3 Å². The van der Waals surface area contributed by atoms with Gasteiger partial charge >= 0.3 is 5.97 Å². The van der Waals surface area contributed by atoms with Crippen LogP contribution in [-0.2, 0) is 9.53 Å². The zero-order valence-electron chi connectivity index (χ0n) is 12.7. The molecule has 6 heteroatoms. The molecular formula is C15H20N2O3S. The molecular weight excluding hydrogens is 288 g/mol. The van der Waals surface area contributed by atoms with E-state index in [-0.39, 0.29) is 5.97 Å². The number of hydrogen-bond acceptors (Lipinski definition) is 4. The summed E-state index contributed by atoms with van der Waals surface area (Å²) in [5, 5.41) is 0. The van der Waals surface area contributed by atoms with E-state index in [4.69, 9.17) is 21.7 Å². The molecule has 1 atom stereocenters. The molecule has 0 spiro atoms. The molecule has 0 fully saturated rings. The van der Waals surface area contributed by atoms with Gasteiger partial charge in [0.05, 0.1) is 25.3 Å². The molecule has 1 N–H and O–H groups in total. The first kappa shape index (κ1) is 15.6. The number of benzene rings is 1.